The van der Waals surface area contributed by atoms with Crippen LogP contribution < -0.4 is 31.8 Å². The van der Waals surface area contributed by atoms with Crippen molar-refractivity contribution in [3.8, 4) is 0 Å². The summed E-state index contributed by atoms with van der Waals surface area (Å²) in [5.74, 6) is -1.27. The maximum Gasteiger partial charge on any atom is -0.0134 e. The molecule has 6 aromatic rings. The molecule has 0 aromatic heterocycles. The molecule has 9 heteroatoms. The van der Waals surface area contributed by atoms with Crippen LogP contribution in [0.5, 0.6) is 0 Å². The normalized spacial score (nSPS) is 10.9. The van der Waals surface area contributed by atoms with Gasteiger partial charge < -0.3 is 0 Å². The zero-order valence-electron chi connectivity index (χ0n) is 29.6. The second-order valence-electron chi connectivity index (χ2n) is 10.9. The third kappa shape index (κ3) is 13.2. The van der Waals surface area contributed by atoms with Crippen molar-refractivity contribution in [1.29, 1.82) is 0 Å². The summed E-state index contributed by atoms with van der Waals surface area (Å²) in [4.78, 5) is 22.2. The van der Waals surface area contributed by atoms with Crippen molar-refractivity contribution in [2.45, 2.75) is 0 Å². The van der Waals surface area contributed by atoms with E-state index in [-0.39, 0.29) is 10.5 Å². The summed E-state index contributed by atoms with van der Waals surface area (Å²) in [5, 5.41) is 8.39. The van der Waals surface area contributed by atoms with E-state index in [2.05, 4.69) is 211 Å². The van der Waals surface area contributed by atoms with Crippen LogP contribution in [-0.4, -0.2) is 29.5 Å². The van der Waals surface area contributed by atoms with E-state index in [9.17, 15) is 9.59 Å². The van der Waals surface area contributed by atoms with E-state index in [4.69, 9.17) is 13.2 Å². The Morgan fingerprint density at radius 3 is 0.926 bits per heavy atom. The molecule has 4 nitrogen and oxygen atoms in total. The summed E-state index contributed by atoms with van der Waals surface area (Å²) in [6.07, 6.45) is 0. The fraction of sp³-hybridized carbons (Fsp3) is 0.0444. The molecule has 0 aliphatic rings. The summed E-state index contributed by atoms with van der Waals surface area (Å²) in [6, 6.07) is 64.7. The average molecular weight is 1060 g/mol. The first kappa shape index (κ1) is 42.9. The summed E-state index contributed by atoms with van der Waals surface area (Å²) in [5.41, 5.74) is -0.00578. The van der Waals surface area contributed by atoms with Crippen LogP contribution in [0.2, 0.25) is 0 Å². The SMILES string of the molecule is [CH-]=C(S[C](=[Ir][I])C(=[CH-])C(=O)OC)C(=O)OC.c1ccc(P(c2ccccc2)c2ccccc2)cc1.c1ccc(P(c2ccccc2)c2ccccc2)cc1. The van der Waals surface area contributed by atoms with Crippen molar-refractivity contribution in [3.63, 3.8) is 0 Å². The molecule has 0 bridgehead atoms. The van der Waals surface area contributed by atoms with Gasteiger partial charge in [-0.05, 0) is 47.7 Å². The van der Waals surface area contributed by atoms with E-state index in [0.29, 0.717) is 3.36 Å². The molecule has 0 N–H and O–H groups in total. The van der Waals surface area contributed by atoms with Gasteiger partial charge in [0.25, 0.3) is 0 Å². The van der Waals surface area contributed by atoms with Crippen molar-refractivity contribution >= 4 is 94.3 Å². The quantitative estimate of drug-likeness (QED) is 0.0431. The molecule has 0 unspecified atom stereocenters. The fourth-order valence-corrected chi connectivity index (χ4v) is 15.0. The molecule has 0 atom stereocenters. The van der Waals surface area contributed by atoms with Gasteiger partial charge in [0, 0.05) is 0 Å². The largest absolute Gasteiger partial charge is 0.0622 e. The molecule has 0 saturated heterocycles. The van der Waals surface area contributed by atoms with Crippen LogP contribution in [0, 0.1) is 13.2 Å². The van der Waals surface area contributed by atoms with Crippen molar-refractivity contribution in [2.24, 2.45) is 0 Å². The molecule has 0 aliphatic heterocycles. The zero-order valence-corrected chi connectivity index (χ0v) is 36.8. The molecule has 0 radical (unpaired) electrons. The Labute approximate surface area is 344 Å². The Bertz CT molecular complexity index is 1780. The van der Waals surface area contributed by atoms with E-state index < -0.39 is 41.4 Å². The van der Waals surface area contributed by atoms with Gasteiger partial charge in [0.05, 0.1) is 0 Å². The molecular formula is C45H38IIrO4P2S-2. The first-order valence-electron chi connectivity index (χ1n) is 16.5. The van der Waals surface area contributed by atoms with Gasteiger partial charge >= 0.3 is 117 Å². The van der Waals surface area contributed by atoms with Crippen molar-refractivity contribution in [2.75, 3.05) is 14.2 Å². The maximum absolute atomic E-state index is 11.2. The van der Waals surface area contributed by atoms with Crippen LogP contribution in [0.1, 0.15) is 0 Å². The molecule has 0 heterocycles. The first-order valence-corrected chi connectivity index (χ1v) is 28.0. The number of ether oxygens (including phenoxy) is 2. The number of carbonyl (C=O) groups is 2. The topological polar surface area (TPSA) is 52.6 Å². The first-order chi connectivity index (χ1) is 26.4. The zero-order chi connectivity index (χ0) is 38.5. The Kier molecular flexibility index (Phi) is 19.0. The number of benzene rings is 6. The number of hydrogen-bond acceptors (Lipinski definition) is 5. The molecule has 276 valence electrons. The Morgan fingerprint density at radius 1 is 0.481 bits per heavy atom. The molecule has 54 heavy (non-hydrogen) atoms. The van der Waals surface area contributed by atoms with Gasteiger partial charge in [0.1, 0.15) is 0 Å². The number of carbonyl (C=O) groups excluding carboxylic acids is 2. The van der Waals surface area contributed by atoms with E-state index in [1.807, 2.05) is 0 Å². The molecule has 0 saturated carbocycles. The summed E-state index contributed by atoms with van der Waals surface area (Å²) < 4.78 is 9.49. The number of esters is 2. The predicted octanol–water partition coefficient (Wildman–Crippen LogP) is 8.19. The van der Waals surface area contributed by atoms with Crippen LogP contribution in [0.4, 0.5) is 0 Å². The molecule has 6 rings (SSSR count). The van der Waals surface area contributed by atoms with Crippen LogP contribution in [0.3, 0.4) is 0 Å². The fourth-order valence-electron chi connectivity index (χ4n) is 4.88. The molecule has 0 aliphatic carbocycles. The number of rotatable bonds is 11. The van der Waals surface area contributed by atoms with Crippen LogP contribution in [-0.2, 0) is 32.7 Å². The maximum atomic E-state index is 11.2. The van der Waals surface area contributed by atoms with Gasteiger partial charge in [0.2, 0.25) is 0 Å². The van der Waals surface area contributed by atoms with Crippen LogP contribution >= 0.6 is 47.2 Å². The van der Waals surface area contributed by atoms with Gasteiger partial charge in [0.15, 0.2) is 0 Å². The average Bonchev–Trinajstić information content (AvgIpc) is 3.25. The monoisotopic (exact) mass is 1060 g/mol. The van der Waals surface area contributed by atoms with Gasteiger partial charge in [-0.3, -0.25) is 0 Å². The predicted molar refractivity (Wildman–Crippen MR) is 237 cm³/mol. The number of methoxy groups -OCH3 is 2. The van der Waals surface area contributed by atoms with Gasteiger partial charge in [-0.1, -0.05) is 182 Å². The van der Waals surface area contributed by atoms with E-state index in [1.54, 1.807) is 0 Å². The van der Waals surface area contributed by atoms with Gasteiger partial charge in [-0.15, -0.1) is 0 Å². The van der Waals surface area contributed by atoms with Crippen LogP contribution in [0.25, 0.3) is 0 Å². The minimum absolute atomic E-state index is 0.00578. The Hall–Kier alpha value is -3.80. The van der Waals surface area contributed by atoms with Crippen LogP contribution in [0.15, 0.2) is 192 Å². The minimum atomic E-state index is -0.655. The van der Waals surface area contributed by atoms with E-state index in [0.717, 1.165) is 11.8 Å². The Morgan fingerprint density at radius 2 is 0.722 bits per heavy atom. The number of hydrogen-bond donors (Lipinski definition) is 0. The number of halogens is 1. The standard InChI is InChI=1S/2C18H15P.C9H8O4S.HI.Ir/c2*1-4-10-16(11-5-1)19(17-12-6-2-7-13-17)18-14-8-3-9-15-18;1-6(8(10)12-3)5-14-7(2)9(11)13-4;;/h2*1-15H;1-2H,3-4H3;1H;/q;;-2;;+1/p-1. The smallest absolute Gasteiger partial charge is 0.0134 e. The van der Waals surface area contributed by atoms with Crippen molar-refractivity contribution < 1.29 is 32.7 Å². The molecule has 0 amide bonds. The summed E-state index contributed by atoms with van der Waals surface area (Å²) in [7, 11) is 1.57. The molecular weight excluding hydrogens is 1020 g/mol. The molecule has 0 spiro atoms. The van der Waals surface area contributed by atoms with Crippen molar-refractivity contribution in [3.05, 3.63) is 206 Å². The molecule has 6 aromatic carbocycles. The summed E-state index contributed by atoms with van der Waals surface area (Å²) >= 11 is 2.42. The van der Waals surface area contributed by atoms with E-state index in [1.165, 1.54) is 46.0 Å². The third-order valence-electron chi connectivity index (χ3n) is 7.33. The molecule has 0 fully saturated rings. The summed E-state index contributed by atoms with van der Waals surface area (Å²) in [6.45, 7) is 11.0. The van der Waals surface area contributed by atoms with E-state index >= 15 is 0 Å². The van der Waals surface area contributed by atoms with Gasteiger partial charge in [-0.2, -0.15) is 0 Å². The van der Waals surface area contributed by atoms with Gasteiger partial charge in [-0.25, -0.2) is 0 Å². The minimum Gasteiger partial charge on any atom is -0.0622 e. The Balaban J connectivity index is 0.000000182. The second-order valence-corrected chi connectivity index (χ2v) is 21.7. The third-order valence-corrected chi connectivity index (χ3v) is 20.3. The number of thioether (sulfide) groups is 1. The second kappa shape index (κ2) is 23.9. The van der Waals surface area contributed by atoms with Crippen molar-refractivity contribution in [1.82, 2.24) is 0 Å².